The molecule has 43 heavy (non-hydrogen) atoms. The van der Waals surface area contributed by atoms with Gasteiger partial charge < -0.3 is 21.3 Å². The van der Waals surface area contributed by atoms with E-state index < -0.39 is 35.8 Å². The summed E-state index contributed by atoms with van der Waals surface area (Å²) in [6.07, 6.45) is 4.89. The van der Waals surface area contributed by atoms with E-state index in [1.165, 1.54) is 15.9 Å². The standard InChI is InChI=1S/C29H33N9O4S/c1-17(2)22-28-34-21(16-43-28)26(41)33-20(15-18-9-4-3-5-10-18)24(39)30-12-7-6-11-19(25(40)35-22)32-27(42)23-36-29-31-13-8-14-38(29)37-23/h3-5,8-10,13-14,16-17,19-20,22H,6-7,11-12,15H2,1-2H3,(H,30,39)(H,32,42)(H,33,41)(H,35,40)/t19-,20+,22+/m0/s1. The van der Waals surface area contributed by atoms with Crippen molar-refractivity contribution in [2.75, 3.05) is 6.54 Å². The van der Waals surface area contributed by atoms with Crippen molar-refractivity contribution in [3.05, 3.63) is 76.3 Å². The number of aromatic nitrogens is 5. The molecule has 0 saturated carbocycles. The highest BCUT2D eigenvalue weighted by molar-refractivity contribution is 7.09. The highest BCUT2D eigenvalue weighted by Crippen LogP contribution is 2.26. The monoisotopic (exact) mass is 603 g/mol. The summed E-state index contributed by atoms with van der Waals surface area (Å²) in [4.78, 5) is 65.8. The lowest BCUT2D eigenvalue weighted by Gasteiger charge is -2.25. The van der Waals surface area contributed by atoms with Gasteiger partial charge in [0.2, 0.25) is 17.6 Å². The molecule has 4 N–H and O–H groups in total. The van der Waals surface area contributed by atoms with Crippen LogP contribution in [0.25, 0.3) is 5.78 Å². The predicted molar refractivity (Wildman–Crippen MR) is 158 cm³/mol. The maximum Gasteiger partial charge on any atom is 0.291 e. The van der Waals surface area contributed by atoms with Crippen molar-refractivity contribution < 1.29 is 19.2 Å². The summed E-state index contributed by atoms with van der Waals surface area (Å²) in [5, 5.41) is 17.9. The van der Waals surface area contributed by atoms with Gasteiger partial charge in [-0.2, -0.15) is 4.98 Å². The Bertz CT molecular complexity index is 1570. The number of carbonyl (C=O) groups is 4. The fourth-order valence-electron chi connectivity index (χ4n) is 4.72. The zero-order valence-electron chi connectivity index (χ0n) is 23.8. The van der Waals surface area contributed by atoms with E-state index in [9.17, 15) is 19.2 Å². The number of benzene rings is 1. The Morgan fingerprint density at radius 2 is 1.88 bits per heavy atom. The fraction of sp³-hybridized carbons (Fsp3) is 0.379. The summed E-state index contributed by atoms with van der Waals surface area (Å²) in [7, 11) is 0. The first-order valence-corrected chi connectivity index (χ1v) is 15.0. The summed E-state index contributed by atoms with van der Waals surface area (Å²) in [6.45, 7) is 4.20. The van der Waals surface area contributed by atoms with Crippen molar-refractivity contribution in [2.45, 2.75) is 57.7 Å². The summed E-state index contributed by atoms with van der Waals surface area (Å²) in [6, 6.07) is 8.93. The Balaban J connectivity index is 1.37. The van der Waals surface area contributed by atoms with Gasteiger partial charge in [-0.15, -0.1) is 16.4 Å². The van der Waals surface area contributed by atoms with Gasteiger partial charge >= 0.3 is 0 Å². The van der Waals surface area contributed by atoms with E-state index in [0.29, 0.717) is 37.2 Å². The van der Waals surface area contributed by atoms with Crippen LogP contribution in [0.4, 0.5) is 0 Å². The van der Waals surface area contributed by atoms with Crippen LogP contribution >= 0.6 is 11.3 Å². The van der Waals surface area contributed by atoms with Crippen molar-refractivity contribution in [1.82, 2.24) is 45.8 Å². The lowest BCUT2D eigenvalue weighted by atomic mass is 10.0. The molecule has 13 nitrogen and oxygen atoms in total. The number of nitrogens with one attached hydrogen (secondary N) is 4. The zero-order chi connectivity index (χ0) is 30.3. The van der Waals surface area contributed by atoms with Gasteiger partial charge in [0.1, 0.15) is 22.8 Å². The van der Waals surface area contributed by atoms with E-state index in [2.05, 4.69) is 41.3 Å². The van der Waals surface area contributed by atoms with Crippen molar-refractivity contribution in [3.63, 3.8) is 0 Å². The highest BCUT2D eigenvalue weighted by Gasteiger charge is 2.30. The second-order valence-corrected chi connectivity index (χ2v) is 11.5. The molecule has 0 fully saturated rings. The van der Waals surface area contributed by atoms with E-state index in [-0.39, 0.29) is 29.1 Å². The Labute approximate surface area is 251 Å². The number of hydrogen-bond acceptors (Lipinski definition) is 9. The van der Waals surface area contributed by atoms with Crippen molar-refractivity contribution in [1.29, 1.82) is 0 Å². The number of amides is 4. The van der Waals surface area contributed by atoms with Gasteiger partial charge in [0.05, 0.1) is 6.04 Å². The van der Waals surface area contributed by atoms with Crippen molar-refractivity contribution >= 4 is 40.7 Å². The Kier molecular flexibility index (Phi) is 9.35. The number of hydrogen-bond donors (Lipinski definition) is 4. The van der Waals surface area contributed by atoms with Crippen LogP contribution in [-0.2, 0) is 16.0 Å². The molecule has 4 amide bonds. The second-order valence-electron chi connectivity index (χ2n) is 10.6. The number of rotatable bonds is 5. The molecular weight excluding hydrogens is 570 g/mol. The summed E-state index contributed by atoms with van der Waals surface area (Å²) < 4.78 is 1.38. The van der Waals surface area contributed by atoms with Crippen LogP contribution in [0, 0.1) is 5.92 Å². The lowest BCUT2D eigenvalue weighted by Crippen LogP contribution is -2.49. The highest BCUT2D eigenvalue weighted by atomic mass is 32.1. The number of carbonyl (C=O) groups excluding carboxylic acids is 4. The first-order chi connectivity index (χ1) is 20.8. The normalized spacial score (nSPS) is 20.3. The van der Waals surface area contributed by atoms with E-state index in [1.807, 2.05) is 44.2 Å². The molecule has 3 atom stereocenters. The van der Waals surface area contributed by atoms with Crippen LogP contribution in [0.1, 0.15) is 70.8 Å². The Morgan fingerprint density at radius 1 is 1.07 bits per heavy atom. The van der Waals surface area contributed by atoms with Gasteiger partial charge in [0.15, 0.2) is 0 Å². The Morgan fingerprint density at radius 3 is 2.65 bits per heavy atom. The molecule has 4 aromatic rings. The minimum absolute atomic E-state index is 0.0657. The fourth-order valence-corrected chi connectivity index (χ4v) is 5.74. The SMILES string of the molecule is CC(C)[C@H]1NC(=O)[C@@H](NC(=O)c2nc3ncccn3n2)CCCCNC(=O)[C@@H](Cc2ccccc2)NC(=O)c2csc1n2. The third kappa shape index (κ3) is 7.38. The van der Waals surface area contributed by atoms with Crippen molar-refractivity contribution in [2.24, 2.45) is 5.92 Å². The minimum Gasteiger partial charge on any atom is -0.354 e. The van der Waals surface area contributed by atoms with Crippen LogP contribution < -0.4 is 21.3 Å². The van der Waals surface area contributed by atoms with Crippen LogP contribution in [0.2, 0.25) is 0 Å². The van der Waals surface area contributed by atoms with E-state index in [4.69, 9.17) is 0 Å². The van der Waals surface area contributed by atoms with Crippen molar-refractivity contribution in [3.8, 4) is 0 Å². The maximum absolute atomic E-state index is 13.6. The summed E-state index contributed by atoms with van der Waals surface area (Å²) in [5.41, 5.74) is 1.07. The molecule has 2 bridgehead atoms. The smallest absolute Gasteiger partial charge is 0.291 e. The van der Waals surface area contributed by atoms with E-state index in [1.54, 1.807) is 23.8 Å². The number of thiazole rings is 1. The molecular formula is C29H33N9O4S. The molecule has 0 unspecified atom stereocenters. The molecule has 1 aliphatic heterocycles. The predicted octanol–water partition coefficient (Wildman–Crippen LogP) is 1.83. The summed E-state index contributed by atoms with van der Waals surface area (Å²) in [5.74, 6) is -1.69. The minimum atomic E-state index is -0.898. The lowest BCUT2D eigenvalue weighted by molar-refractivity contribution is -0.124. The first kappa shape index (κ1) is 29.8. The van der Waals surface area contributed by atoms with Gasteiger partial charge in [-0.1, -0.05) is 44.2 Å². The molecule has 14 heteroatoms. The topological polar surface area (TPSA) is 172 Å². The number of fused-ring (bicyclic) bond motifs is 3. The average molecular weight is 604 g/mol. The second kappa shape index (κ2) is 13.5. The van der Waals surface area contributed by atoms with Crippen LogP contribution in [-0.4, -0.2) is 66.8 Å². The molecule has 3 aromatic heterocycles. The Hall–Kier alpha value is -4.72. The molecule has 0 spiro atoms. The molecule has 224 valence electrons. The van der Waals surface area contributed by atoms with Crippen LogP contribution in [0.15, 0.2) is 54.2 Å². The van der Waals surface area contributed by atoms with E-state index in [0.717, 1.165) is 5.56 Å². The molecule has 4 heterocycles. The molecule has 0 saturated heterocycles. The van der Waals surface area contributed by atoms with Gasteiger partial charge in [-0.3, -0.25) is 19.2 Å². The molecule has 0 aliphatic carbocycles. The van der Waals surface area contributed by atoms with Gasteiger partial charge in [0, 0.05) is 30.7 Å². The van der Waals surface area contributed by atoms with Gasteiger partial charge in [0.25, 0.3) is 17.6 Å². The van der Waals surface area contributed by atoms with Crippen LogP contribution in [0.5, 0.6) is 0 Å². The molecule has 5 rings (SSSR count). The first-order valence-electron chi connectivity index (χ1n) is 14.1. The molecule has 0 radical (unpaired) electrons. The van der Waals surface area contributed by atoms with E-state index >= 15 is 0 Å². The maximum atomic E-state index is 13.6. The zero-order valence-corrected chi connectivity index (χ0v) is 24.6. The van der Waals surface area contributed by atoms with Gasteiger partial charge in [-0.05, 0) is 36.8 Å². The third-order valence-corrected chi connectivity index (χ3v) is 7.98. The molecule has 1 aromatic carbocycles. The molecule has 1 aliphatic rings. The average Bonchev–Trinajstić information content (AvgIpc) is 3.66. The summed E-state index contributed by atoms with van der Waals surface area (Å²) >= 11 is 1.25. The third-order valence-electron chi connectivity index (χ3n) is 7.05. The van der Waals surface area contributed by atoms with Crippen LogP contribution in [0.3, 0.4) is 0 Å². The van der Waals surface area contributed by atoms with Gasteiger partial charge in [-0.25, -0.2) is 14.5 Å². The largest absolute Gasteiger partial charge is 0.354 e. The number of nitrogens with zero attached hydrogens (tertiary/aromatic N) is 5. The quantitative estimate of drug-likeness (QED) is 0.268.